The molecule has 1 atom stereocenters. The quantitative estimate of drug-likeness (QED) is 0.169. The molecule has 1 aliphatic heterocycles. The van der Waals surface area contributed by atoms with Crippen LogP contribution in [0.2, 0.25) is 0 Å². The first-order chi connectivity index (χ1) is 7.83. The van der Waals surface area contributed by atoms with Gasteiger partial charge in [-0.3, -0.25) is 10.8 Å². The van der Waals surface area contributed by atoms with E-state index in [9.17, 15) is 0 Å². The van der Waals surface area contributed by atoms with Crippen LogP contribution >= 0.6 is 21.6 Å². The minimum Gasteiger partial charge on any atom is -0.355 e. The molecule has 0 saturated heterocycles. The van der Waals surface area contributed by atoms with Crippen LogP contribution in [0.5, 0.6) is 0 Å². The maximum absolute atomic E-state index is 9.07. The Morgan fingerprint density at radius 1 is 1.69 bits per heavy atom. The molecule has 6 nitrogen and oxygen atoms in total. The zero-order valence-electron chi connectivity index (χ0n) is 8.76. The van der Waals surface area contributed by atoms with E-state index in [-0.39, 0.29) is 0 Å². The average Bonchev–Trinajstić information content (AvgIpc) is 2.30. The summed E-state index contributed by atoms with van der Waals surface area (Å²) < 4.78 is 4.98. The van der Waals surface area contributed by atoms with Crippen LogP contribution in [0.1, 0.15) is 6.42 Å². The van der Waals surface area contributed by atoms with Crippen LogP contribution in [-0.4, -0.2) is 35.5 Å². The van der Waals surface area contributed by atoms with Crippen molar-refractivity contribution in [2.24, 2.45) is 10.8 Å². The first kappa shape index (κ1) is 14.0. The maximum atomic E-state index is 9.07. The number of ether oxygens (including phenoxy) is 1. The number of nitrogens with zero attached hydrogens (tertiary/aromatic N) is 1. The summed E-state index contributed by atoms with van der Waals surface area (Å²) in [6.07, 6.45) is 4.09. The van der Waals surface area contributed by atoms with Gasteiger partial charge in [0, 0.05) is 12.3 Å². The Balaban J connectivity index is 1.95. The van der Waals surface area contributed by atoms with Gasteiger partial charge >= 0.3 is 0 Å². The van der Waals surface area contributed by atoms with Crippen LogP contribution in [-0.2, 0) is 4.74 Å². The summed E-state index contributed by atoms with van der Waals surface area (Å²) >= 11 is 0. The Labute approximate surface area is 102 Å². The molecule has 0 fully saturated rings. The van der Waals surface area contributed by atoms with Crippen LogP contribution in [0.15, 0.2) is 17.1 Å². The Bertz CT molecular complexity index is 250. The highest BCUT2D eigenvalue weighted by Crippen LogP contribution is 2.24. The highest BCUT2D eigenvalue weighted by atomic mass is 33.1. The van der Waals surface area contributed by atoms with E-state index < -0.39 is 6.41 Å². The summed E-state index contributed by atoms with van der Waals surface area (Å²) in [5.41, 5.74) is 4.39. The highest BCUT2D eigenvalue weighted by Gasteiger charge is 2.02. The molecule has 0 unspecified atom stereocenters. The summed E-state index contributed by atoms with van der Waals surface area (Å²) in [5, 5.41) is 10.1. The Kier molecular flexibility index (Phi) is 7.85. The van der Waals surface area contributed by atoms with E-state index in [1.165, 1.54) is 0 Å². The van der Waals surface area contributed by atoms with Gasteiger partial charge in [0.05, 0.1) is 6.61 Å². The topological polar surface area (TPSA) is 91.9 Å². The fourth-order valence-corrected chi connectivity index (χ4v) is 2.75. The molecule has 0 aromatic rings. The molecule has 1 aliphatic rings. The van der Waals surface area contributed by atoms with Gasteiger partial charge < -0.3 is 9.84 Å². The number of aliphatic imine (C=N–C) groups is 1. The third-order valence-electron chi connectivity index (χ3n) is 1.62. The molecule has 0 spiro atoms. The van der Waals surface area contributed by atoms with Crippen LogP contribution in [0.3, 0.4) is 0 Å². The maximum Gasteiger partial charge on any atom is 0.227 e. The zero-order chi connectivity index (χ0) is 11.6. The highest BCUT2D eigenvalue weighted by molar-refractivity contribution is 8.82. The van der Waals surface area contributed by atoms with Crippen LogP contribution in [0, 0.1) is 0 Å². The minimum absolute atomic E-state index is 0.435. The van der Waals surface area contributed by atoms with E-state index in [4.69, 9.17) is 15.7 Å². The molecule has 0 aromatic carbocycles. The Hall–Kier alpha value is -0.0900. The first-order valence-corrected chi connectivity index (χ1v) is 7.16. The van der Waals surface area contributed by atoms with Crippen molar-refractivity contribution in [2.75, 3.05) is 18.9 Å². The number of dihydropyridines is 1. The van der Waals surface area contributed by atoms with Gasteiger partial charge in [-0.1, -0.05) is 16.9 Å². The molecule has 92 valence electrons. The second kappa shape index (κ2) is 8.99. The fraction of sp³-hybridized carbons (Fsp3) is 0.625. The van der Waals surface area contributed by atoms with Gasteiger partial charge in [0.1, 0.15) is 5.04 Å². The smallest absolute Gasteiger partial charge is 0.227 e. The van der Waals surface area contributed by atoms with E-state index >= 15 is 0 Å². The van der Waals surface area contributed by atoms with E-state index in [1.54, 1.807) is 21.6 Å². The van der Waals surface area contributed by atoms with Crippen molar-refractivity contribution in [3.8, 4) is 0 Å². The van der Waals surface area contributed by atoms with Crippen molar-refractivity contribution in [1.82, 2.24) is 11.0 Å². The van der Waals surface area contributed by atoms with Crippen molar-refractivity contribution in [3.05, 3.63) is 12.2 Å². The average molecular weight is 264 g/mol. The van der Waals surface area contributed by atoms with Gasteiger partial charge in [0.25, 0.3) is 0 Å². The largest absolute Gasteiger partial charge is 0.355 e. The van der Waals surface area contributed by atoms with Gasteiger partial charge in [-0.15, -0.1) is 0 Å². The van der Waals surface area contributed by atoms with E-state index in [0.717, 1.165) is 23.8 Å². The number of hydrogen-bond donors (Lipinski definition) is 4. The first-order valence-electron chi connectivity index (χ1n) is 4.84. The molecule has 0 radical (unpaired) electrons. The summed E-state index contributed by atoms with van der Waals surface area (Å²) in [6.45, 7) is 1.31. The second-order valence-electron chi connectivity index (χ2n) is 2.83. The molecule has 0 bridgehead atoms. The van der Waals surface area contributed by atoms with Crippen molar-refractivity contribution in [3.63, 3.8) is 0 Å². The lowest BCUT2D eigenvalue weighted by molar-refractivity contribution is -0.123. The molecule has 8 heteroatoms. The molecule has 5 N–H and O–H groups in total. The standard InChI is InChI=1S/C8H16N4O2S2/c9-12-11-8(13)14-5-6-15-16-7-3-1-2-4-10-7/h1,3,8,11-13H,2,4-6,9H2/t8-/m0/s1. The number of nitrogens with two attached hydrogens (primary N) is 1. The third kappa shape index (κ3) is 6.48. The van der Waals surface area contributed by atoms with Gasteiger partial charge in [0.2, 0.25) is 6.41 Å². The van der Waals surface area contributed by atoms with Crippen LogP contribution in [0.4, 0.5) is 0 Å². The number of rotatable bonds is 7. The second-order valence-corrected chi connectivity index (χ2v) is 5.26. The van der Waals surface area contributed by atoms with Crippen molar-refractivity contribution in [2.45, 2.75) is 12.8 Å². The Morgan fingerprint density at radius 2 is 2.56 bits per heavy atom. The Morgan fingerprint density at radius 3 is 3.25 bits per heavy atom. The number of aliphatic hydroxyl groups is 1. The SMILES string of the molecule is NNN[C@@H](O)OCCSSC1=NCCC=C1. The number of nitrogens with one attached hydrogen (secondary N) is 2. The number of hydrogen-bond acceptors (Lipinski definition) is 8. The van der Waals surface area contributed by atoms with Gasteiger partial charge in [-0.2, -0.15) is 11.0 Å². The van der Waals surface area contributed by atoms with Crippen molar-refractivity contribution < 1.29 is 9.84 Å². The molecule has 0 aromatic heterocycles. The minimum atomic E-state index is -1.08. The zero-order valence-corrected chi connectivity index (χ0v) is 10.4. The predicted octanol–water partition coefficient (Wildman–Crippen LogP) is -0.0134. The van der Waals surface area contributed by atoms with Crippen LogP contribution in [0.25, 0.3) is 0 Å². The molecular formula is C8H16N4O2S2. The lowest BCUT2D eigenvalue weighted by Crippen LogP contribution is -2.46. The van der Waals surface area contributed by atoms with E-state index in [1.807, 2.05) is 6.08 Å². The molecule has 0 amide bonds. The molecule has 16 heavy (non-hydrogen) atoms. The third-order valence-corrected chi connectivity index (χ3v) is 3.87. The normalized spacial score (nSPS) is 17.2. The van der Waals surface area contributed by atoms with Gasteiger partial charge in [0.15, 0.2) is 0 Å². The number of aliphatic hydroxyl groups excluding tert-OH is 1. The van der Waals surface area contributed by atoms with E-state index in [2.05, 4.69) is 22.0 Å². The van der Waals surface area contributed by atoms with Gasteiger partial charge in [-0.05, 0) is 23.3 Å². The van der Waals surface area contributed by atoms with E-state index in [0.29, 0.717) is 6.61 Å². The summed E-state index contributed by atoms with van der Waals surface area (Å²) in [6, 6.07) is 0. The molecule has 1 rings (SSSR count). The number of hydrazine groups is 2. The molecular weight excluding hydrogens is 248 g/mol. The lowest BCUT2D eigenvalue weighted by atomic mass is 10.3. The summed E-state index contributed by atoms with van der Waals surface area (Å²) in [5.74, 6) is 5.69. The van der Waals surface area contributed by atoms with Gasteiger partial charge in [-0.25, -0.2) is 0 Å². The van der Waals surface area contributed by atoms with Crippen molar-refractivity contribution >= 4 is 26.6 Å². The van der Waals surface area contributed by atoms with Crippen molar-refractivity contribution in [1.29, 1.82) is 0 Å². The summed E-state index contributed by atoms with van der Waals surface area (Å²) in [7, 11) is 3.26. The molecule has 0 saturated carbocycles. The summed E-state index contributed by atoms with van der Waals surface area (Å²) in [4.78, 5) is 4.33. The molecule has 1 heterocycles. The molecule has 0 aliphatic carbocycles. The van der Waals surface area contributed by atoms with Crippen LogP contribution < -0.4 is 16.8 Å². The predicted molar refractivity (Wildman–Crippen MR) is 68.5 cm³/mol. The lowest BCUT2D eigenvalue weighted by Gasteiger charge is -2.11. The fourth-order valence-electron chi connectivity index (χ4n) is 0.949. The monoisotopic (exact) mass is 264 g/mol.